The molecule has 0 amide bonds. The summed E-state index contributed by atoms with van der Waals surface area (Å²) < 4.78 is 7.57. The van der Waals surface area contributed by atoms with Gasteiger partial charge in [-0.1, -0.05) is 176 Å². The number of rotatable bonds is 5. The van der Waals surface area contributed by atoms with Crippen molar-refractivity contribution in [1.82, 2.24) is 13.9 Å². The zero-order chi connectivity index (χ0) is 38.6. The molecule has 0 saturated heterocycles. The molecule has 3 nitrogen and oxygen atoms in total. The summed E-state index contributed by atoms with van der Waals surface area (Å²) in [5.41, 5.74) is 13.8. The lowest BCUT2D eigenvalue weighted by atomic mass is 9.84. The minimum absolute atomic E-state index is 0.130. The van der Waals surface area contributed by atoms with Gasteiger partial charge in [0, 0.05) is 16.2 Å². The van der Waals surface area contributed by atoms with Crippen LogP contribution in [0.5, 0.6) is 0 Å². The predicted octanol–water partition coefficient (Wildman–Crippen LogP) is 14.5. The summed E-state index contributed by atoms with van der Waals surface area (Å²) in [5.74, 6) is 0. The van der Waals surface area contributed by atoms with Crippen LogP contribution in [-0.2, 0) is 0 Å². The van der Waals surface area contributed by atoms with Crippen LogP contribution in [-0.4, -0.2) is 13.9 Å². The van der Waals surface area contributed by atoms with Crippen molar-refractivity contribution in [3.05, 3.63) is 223 Å². The molecule has 10 aromatic carbocycles. The number of hydrogen-bond acceptors (Lipinski definition) is 0. The van der Waals surface area contributed by atoms with Gasteiger partial charge in [0.2, 0.25) is 0 Å². The summed E-state index contributed by atoms with van der Waals surface area (Å²) in [6.45, 7) is 0. The first-order valence-electron chi connectivity index (χ1n) is 20.6. The van der Waals surface area contributed by atoms with Crippen molar-refractivity contribution < 1.29 is 0 Å². The maximum absolute atomic E-state index is 2.55. The van der Waals surface area contributed by atoms with Gasteiger partial charge in [-0.05, 0) is 96.7 Å². The van der Waals surface area contributed by atoms with E-state index in [2.05, 4.69) is 226 Å². The van der Waals surface area contributed by atoms with Crippen LogP contribution in [0.4, 0.5) is 0 Å². The zero-order valence-corrected chi connectivity index (χ0v) is 32.2. The van der Waals surface area contributed by atoms with Gasteiger partial charge in [0.1, 0.15) is 12.1 Å². The third-order valence-corrected chi connectivity index (χ3v) is 13.0. The average Bonchev–Trinajstić information content (AvgIpc) is 3.64. The first-order valence-corrected chi connectivity index (χ1v) is 20.6. The van der Waals surface area contributed by atoms with E-state index in [0.717, 1.165) is 0 Å². The molecular formula is C56H37N3. The molecule has 0 saturated carbocycles. The quantitative estimate of drug-likeness (QED) is 0.166. The van der Waals surface area contributed by atoms with Crippen molar-refractivity contribution in [3.8, 4) is 27.9 Å². The van der Waals surface area contributed by atoms with Crippen molar-refractivity contribution in [2.45, 2.75) is 12.1 Å². The molecule has 3 heteroatoms. The summed E-state index contributed by atoms with van der Waals surface area (Å²) in [5, 5.41) is 10.2. The lowest BCUT2D eigenvalue weighted by molar-refractivity contribution is 0.203. The predicted molar refractivity (Wildman–Crippen MR) is 247 cm³/mol. The minimum atomic E-state index is 0.130. The maximum atomic E-state index is 2.55. The summed E-state index contributed by atoms with van der Waals surface area (Å²) in [4.78, 5) is 0. The van der Waals surface area contributed by atoms with E-state index in [4.69, 9.17) is 0 Å². The van der Waals surface area contributed by atoms with Gasteiger partial charge < -0.3 is 4.57 Å². The number of para-hydroxylation sites is 2. The third-order valence-electron chi connectivity index (χ3n) is 13.0. The normalized spacial score (nSPS) is 15.1. The van der Waals surface area contributed by atoms with Crippen LogP contribution in [0.3, 0.4) is 0 Å². The summed E-state index contributed by atoms with van der Waals surface area (Å²) in [7, 11) is 0. The van der Waals surface area contributed by atoms with Gasteiger partial charge in [-0.2, -0.15) is 0 Å². The lowest BCUT2D eigenvalue weighted by Gasteiger charge is -2.50. The van der Waals surface area contributed by atoms with Crippen molar-refractivity contribution in [3.63, 3.8) is 0 Å². The van der Waals surface area contributed by atoms with Crippen LogP contribution < -0.4 is 0 Å². The first-order chi connectivity index (χ1) is 29.3. The van der Waals surface area contributed by atoms with Gasteiger partial charge in [-0.3, -0.25) is 9.36 Å². The lowest BCUT2D eigenvalue weighted by Crippen LogP contribution is -2.46. The summed E-state index contributed by atoms with van der Waals surface area (Å²) >= 11 is 0. The second-order valence-corrected chi connectivity index (χ2v) is 16.0. The maximum Gasteiger partial charge on any atom is 0.103 e. The van der Waals surface area contributed by atoms with E-state index in [-0.39, 0.29) is 12.1 Å². The SMILES string of the molecule is c1ccc(-c2cccc(C3C(c4cccc5c(-n6c7ccc8ccccc8c7c7c8ccccc8c(-c8ccccc8)cc76)cccc45)n4c5ccccc5n43)c2)cc1. The number of hydrogen-bond donors (Lipinski definition) is 0. The van der Waals surface area contributed by atoms with Gasteiger partial charge in [-0.15, -0.1) is 0 Å². The molecular weight excluding hydrogens is 715 g/mol. The largest absolute Gasteiger partial charge is 0.309 e. The fourth-order valence-electron chi connectivity index (χ4n) is 10.5. The van der Waals surface area contributed by atoms with Gasteiger partial charge in [0.05, 0.1) is 27.8 Å². The van der Waals surface area contributed by atoms with Gasteiger partial charge in [-0.25, -0.2) is 0 Å². The molecule has 1 aliphatic rings. The molecule has 0 fully saturated rings. The number of benzene rings is 10. The molecule has 3 heterocycles. The van der Waals surface area contributed by atoms with Crippen molar-refractivity contribution in [2.75, 3.05) is 0 Å². The molecule has 0 bridgehead atoms. The van der Waals surface area contributed by atoms with E-state index in [1.807, 2.05) is 0 Å². The molecule has 2 unspecified atom stereocenters. The fraction of sp³-hybridized carbons (Fsp3) is 0.0357. The Morgan fingerprint density at radius 3 is 1.73 bits per heavy atom. The van der Waals surface area contributed by atoms with Crippen LogP contribution in [0.25, 0.3) is 93.1 Å². The Morgan fingerprint density at radius 2 is 0.915 bits per heavy atom. The highest BCUT2D eigenvalue weighted by molar-refractivity contribution is 6.30. The molecule has 276 valence electrons. The standard InChI is InChI=1S/C56H37N3/c1-3-16-36(17-4-1)39-21-13-22-40(34-39)55-56(59-50-30-12-11-29-49(50)58(55)59)46-28-14-27-44-42(46)26-15-31-48(44)57-51-33-32-38-20-7-8-23-41(38)53(51)54-45-25-10-9-24-43(45)47(35-52(54)57)37-18-5-2-6-19-37/h1-35,55-56H. The van der Waals surface area contributed by atoms with Gasteiger partial charge >= 0.3 is 0 Å². The van der Waals surface area contributed by atoms with Crippen LogP contribution >= 0.6 is 0 Å². The van der Waals surface area contributed by atoms with E-state index in [1.165, 1.54) is 104 Å². The highest BCUT2D eigenvalue weighted by atomic mass is 15.5. The molecule has 59 heavy (non-hydrogen) atoms. The zero-order valence-electron chi connectivity index (χ0n) is 32.2. The average molecular weight is 752 g/mol. The number of aromatic nitrogens is 3. The minimum Gasteiger partial charge on any atom is -0.309 e. The monoisotopic (exact) mass is 751 g/mol. The smallest absolute Gasteiger partial charge is 0.103 e. The number of nitrogens with zero attached hydrogens (tertiary/aromatic N) is 3. The molecule has 0 N–H and O–H groups in total. The van der Waals surface area contributed by atoms with Gasteiger partial charge in [0.25, 0.3) is 0 Å². The van der Waals surface area contributed by atoms with E-state index < -0.39 is 0 Å². The highest BCUT2D eigenvalue weighted by Gasteiger charge is 2.44. The van der Waals surface area contributed by atoms with Gasteiger partial charge in [0.15, 0.2) is 0 Å². The van der Waals surface area contributed by atoms with Crippen LogP contribution in [0.1, 0.15) is 23.2 Å². The van der Waals surface area contributed by atoms with Crippen LogP contribution in [0.2, 0.25) is 0 Å². The molecule has 1 aliphatic heterocycles. The molecule has 0 radical (unpaired) electrons. The fourth-order valence-corrected chi connectivity index (χ4v) is 10.5. The second-order valence-electron chi connectivity index (χ2n) is 16.0. The Balaban J connectivity index is 1.08. The molecule has 0 aliphatic carbocycles. The Labute approximate surface area is 341 Å². The van der Waals surface area contributed by atoms with E-state index in [9.17, 15) is 0 Å². The third kappa shape index (κ3) is 4.58. The van der Waals surface area contributed by atoms with Crippen molar-refractivity contribution >= 4 is 65.2 Å². The topological polar surface area (TPSA) is 14.8 Å². The van der Waals surface area contributed by atoms with Crippen molar-refractivity contribution in [2.24, 2.45) is 0 Å². The van der Waals surface area contributed by atoms with Crippen LogP contribution in [0.15, 0.2) is 212 Å². The molecule has 12 aromatic rings. The van der Waals surface area contributed by atoms with E-state index in [0.29, 0.717) is 0 Å². The Morgan fingerprint density at radius 1 is 0.322 bits per heavy atom. The van der Waals surface area contributed by atoms with E-state index >= 15 is 0 Å². The van der Waals surface area contributed by atoms with Crippen LogP contribution in [0, 0.1) is 0 Å². The molecule has 2 atom stereocenters. The Hall–Kier alpha value is -7.62. The summed E-state index contributed by atoms with van der Waals surface area (Å²) in [6.07, 6.45) is 0. The summed E-state index contributed by atoms with van der Waals surface area (Å²) in [6, 6.07) is 78.8. The molecule has 13 rings (SSSR count). The Kier molecular flexibility index (Phi) is 6.84. The highest BCUT2D eigenvalue weighted by Crippen LogP contribution is 2.52. The Bertz CT molecular complexity index is 3620. The van der Waals surface area contributed by atoms with E-state index in [1.54, 1.807) is 0 Å². The van der Waals surface area contributed by atoms with Crippen molar-refractivity contribution in [1.29, 1.82) is 0 Å². The number of fused-ring (bicyclic) bond motifs is 12. The first kappa shape index (κ1) is 32.5. The molecule has 0 spiro atoms. The molecule has 2 aromatic heterocycles. The second kappa shape index (κ2) is 12.4.